The first-order chi connectivity index (χ1) is 8.63. The first-order valence-electron chi connectivity index (χ1n) is 6.71. The zero-order valence-corrected chi connectivity index (χ0v) is 12.7. The lowest BCUT2D eigenvalue weighted by Gasteiger charge is -2.27. The average Bonchev–Trinajstić information content (AvgIpc) is 2.67. The van der Waals surface area contributed by atoms with Gasteiger partial charge in [0.05, 0.1) is 16.4 Å². The molecule has 2 atom stereocenters. The van der Waals surface area contributed by atoms with Crippen molar-refractivity contribution in [3.05, 3.63) is 16.4 Å². The summed E-state index contributed by atoms with van der Waals surface area (Å²) in [6.45, 7) is 2.08. The van der Waals surface area contributed by atoms with Crippen LogP contribution in [0, 0.1) is 0 Å². The largest absolute Gasteiger partial charge is 0.326 e. The Morgan fingerprint density at radius 2 is 2.33 bits per heavy atom. The van der Waals surface area contributed by atoms with E-state index in [4.69, 9.17) is 17.3 Å². The summed E-state index contributed by atoms with van der Waals surface area (Å²) in [6, 6.07) is 0.188. The Morgan fingerprint density at radius 3 is 2.89 bits per heavy atom. The minimum Gasteiger partial charge on any atom is -0.326 e. The van der Waals surface area contributed by atoms with Crippen LogP contribution < -0.4 is 5.73 Å². The van der Waals surface area contributed by atoms with Gasteiger partial charge < -0.3 is 5.73 Å². The molecule has 1 aliphatic heterocycles. The van der Waals surface area contributed by atoms with E-state index in [1.807, 2.05) is 23.5 Å². The van der Waals surface area contributed by atoms with E-state index in [1.165, 1.54) is 25.0 Å². The maximum Gasteiger partial charge on any atom is 0.0850 e. The average molecular weight is 288 g/mol. The Labute approximate surface area is 118 Å². The van der Waals surface area contributed by atoms with Crippen molar-refractivity contribution in [2.24, 2.45) is 12.8 Å². The molecule has 2 heterocycles. The molecule has 5 heteroatoms. The van der Waals surface area contributed by atoms with E-state index >= 15 is 0 Å². The number of nitrogens with two attached hydrogens (primary N) is 1. The number of nitrogens with zero attached hydrogens (tertiary/aromatic N) is 2. The van der Waals surface area contributed by atoms with E-state index < -0.39 is 0 Å². The second kappa shape index (κ2) is 6.31. The number of rotatable bonds is 4. The van der Waals surface area contributed by atoms with Gasteiger partial charge in [-0.2, -0.15) is 16.9 Å². The lowest BCUT2D eigenvalue weighted by atomic mass is 10.0. The number of thioether (sulfide) groups is 1. The van der Waals surface area contributed by atoms with Gasteiger partial charge in [-0.3, -0.25) is 4.68 Å². The van der Waals surface area contributed by atoms with Gasteiger partial charge in [0.2, 0.25) is 0 Å². The highest BCUT2D eigenvalue weighted by Gasteiger charge is 2.24. The number of halogens is 1. The molecule has 1 aromatic heterocycles. The van der Waals surface area contributed by atoms with E-state index in [0.717, 1.165) is 29.3 Å². The van der Waals surface area contributed by atoms with Crippen LogP contribution in [0.15, 0.2) is 0 Å². The fourth-order valence-electron chi connectivity index (χ4n) is 2.50. The normalized spacial score (nSPS) is 22.1. The molecule has 0 aliphatic carbocycles. The summed E-state index contributed by atoms with van der Waals surface area (Å²) in [4.78, 5) is 0. The molecule has 102 valence electrons. The van der Waals surface area contributed by atoms with Gasteiger partial charge in [0, 0.05) is 24.8 Å². The Morgan fingerprint density at radius 1 is 1.56 bits per heavy atom. The highest BCUT2D eigenvalue weighted by Crippen LogP contribution is 2.29. The Hall–Kier alpha value is -0.190. The van der Waals surface area contributed by atoms with E-state index in [0.29, 0.717) is 5.25 Å². The maximum atomic E-state index is 6.37. The molecule has 0 spiro atoms. The van der Waals surface area contributed by atoms with E-state index in [2.05, 4.69) is 12.0 Å². The number of hydrogen-bond acceptors (Lipinski definition) is 3. The van der Waals surface area contributed by atoms with Gasteiger partial charge in [-0.1, -0.05) is 24.9 Å². The molecule has 0 bridgehead atoms. The standard InChI is InChI=1S/C13H22ClN3S/c1-3-10-13(14)11(17(2)16-10)8-9(15)12-6-4-5-7-18-12/h9,12H,3-8,15H2,1-2H3. The summed E-state index contributed by atoms with van der Waals surface area (Å²) in [5.41, 5.74) is 8.42. The zero-order chi connectivity index (χ0) is 13.1. The minimum atomic E-state index is 0.188. The second-order valence-corrected chi connectivity index (χ2v) is 6.68. The molecule has 1 aromatic rings. The lowest BCUT2D eigenvalue weighted by molar-refractivity contribution is 0.542. The SMILES string of the molecule is CCc1nn(C)c(CC(N)C2CCCCS2)c1Cl. The predicted octanol–water partition coefficient (Wildman–Crippen LogP) is 2.79. The smallest absolute Gasteiger partial charge is 0.0850 e. The van der Waals surface area contributed by atoms with Gasteiger partial charge in [0.25, 0.3) is 0 Å². The topological polar surface area (TPSA) is 43.8 Å². The van der Waals surface area contributed by atoms with Gasteiger partial charge >= 0.3 is 0 Å². The Balaban J connectivity index is 2.06. The van der Waals surface area contributed by atoms with Crippen LogP contribution in [0.5, 0.6) is 0 Å². The van der Waals surface area contributed by atoms with Crippen LogP contribution in [0.4, 0.5) is 0 Å². The molecule has 2 rings (SSSR count). The van der Waals surface area contributed by atoms with Crippen LogP contribution >= 0.6 is 23.4 Å². The monoisotopic (exact) mass is 287 g/mol. The summed E-state index contributed by atoms with van der Waals surface area (Å²) >= 11 is 8.38. The Bertz CT molecular complexity index is 399. The van der Waals surface area contributed by atoms with Crippen molar-refractivity contribution in [3.63, 3.8) is 0 Å². The van der Waals surface area contributed by atoms with Gasteiger partial charge in [-0.25, -0.2) is 0 Å². The van der Waals surface area contributed by atoms with Crippen LogP contribution in [0.3, 0.4) is 0 Å². The van der Waals surface area contributed by atoms with Crippen molar-refractivity contribution >= 4 is 23.4 Å². The van der Waals surface area contributed by atoms with Crippen molar-refractivity contribution in [2.45, 2.75) is 50.3 Å². The number of aryl methyl sites for hydroxylation is 2. The summed E-state index contributed by atoms with van der Waals surface area (Å²) in [6.07, 6.45) is 5.59. The van der Waals surface area contributed by atoms with Crippen LogP contribution in [-0.4, -0.2) is 26.8 Å². The third kappa shape index (κ3) is 3.03. The van der Waals surface area contributed by atoms with Gasteiger partial charge in [0.1, 0.15) is 0 Å². The van der Waals surface area contributed by atoms with Crippen molar-refractivity contribution in [1.82, 2.24) is 9.78 Å². The molecule has 2 unspecified atom stereocenters. The van der Waals surface area contributed by atoms with Crippen LogP contribution in [0.25, 0.3) is 0 Å². The lowest BCUT2D eigenvalue weighted by Crippen LogP contribution is -2.36. The molecule has 3 nitrogen and oxygen atoms in total. The van der Waals surface area contributed by atoms with Crippen LogP contribution in [0.1, 0.15) is 37.6 Å². The van der Waals surface area contributed by atoms with Gasteiger partial charge in [-0.15, -0.1) is 0 Å². The van der Waals surface area contributed by atoms with Gasteiger partial charge in [0.15, 0.2) is 0 Å². The molecule has 0 saturated carbocycles. The maximum absolute atomic E-state index is 6.37. The fraction of sp³-hybridized carbons (Fsp3) is 0.769. The molecular formula is C13H22ClN3S. The quantitative estimate of drug-likeness (QED) is 0.926. The van der Waals surface area contributed by atoms with E-state index in [1.54, 1.807) is 0 Å². The zero-order valence-electron chi connectivity index (χ0n) is 11.2. The molecule has 0 radical (unpaired) electrons. The minimum absolute atomic E-state index is 0.188. The summed E-state index contributed by atoms with van der Waals surface area (Å²) in [5.74, 6) is 1.25. The number of hydrogen-bond donors (Lipinski definition) is 1. The van der Waals surface area contributed by atoms with Crippen molar-refractivity contribution in [2.75, 3.05) is 5.75 Å². The third-order valence-electron chi connectivity index (χ3n) is 3.62. The first kappa shape index (κ1) is 14.2. The molecule has 0 amide bonds. The first-order valence-corrected chi connectivity index (χ1v) is 8.13. The molecular weight excluding hydrogens is 266 g/mol. The highest BCUT2D eigenvalue weighted by atomic mass is 35.5. The van der Waals surface area contributed by atoms with Crippen LogP contribution in [-0.2, 0) is 19.9 Å². The molecule has 2 N–H and O–H groups in total. The van der Waals surface area contributed by atoms with Gasteiger partial charge in [-0.05, 0) is 25.0 Å². The predicted molar refractivity (Wildman–Crippen MR) is 79.4 cm³/mol. The van der Waals surface area contributed by atoms with E-state index in [9.17, 15) is 0 Å². The van der Waals surface area contributed by atoms with Crippen molar-refractivity contribution < 1.29 is 0 Å². The fourth-order valence-corrected chi connectivity index (χ4v) is 4.22. The highest BCUT2D eigenvalue weighted by molar-refractivity contribution is 8.00. The molecule has 1 fully saturated rings. The third-order valence-corrected chi connectivity index (χ3v) is 5.60. The summed E-state index contributed by atoms with van der Waals surface area (Å²) < 4.78 is 1.90. The van der Waals surface area contributed by atoms with E-state index in [-0.39, 0.29) is 6.04 Å². The summed E-state index contributed by atoms with van der Waals surface area (Å²) in [5, 5.41) is 5.84. The van der Waals surface area contributed by atoms with Crippen LogP contribution in [0.2, 0.25) is 5.02 Å². The Kier molecular flexibility index (Phi) is 4.98. The summed E-state index contributed by atoms with van der Waals surface area (Å²) in [7, 11) is 1.96. The second-order valence-electron chi connectivity index (χ2n) is 4.96. The number of aromatic nitrogens is 2. The molecule has 18 heavy (non-hydrogen) atoms. The molecule has 0 aromatic carbocycles. The van der Waals surface area contributed by atoms with Crippen molar-refractivity contribution in [1.29, 1.82) is 0 Å². The molecule has 1 aliphatic rings. The molecule has 1 saturated heterocycles. The van der Waals surface area contributed by atoms with Crippen molar-refractivity contribution in [3.8, 4) is 0 Å².